The van der Waals surface area contributed by atoms with Crippen LogP contribution in [-0.4, -0.2) is 25.2 Å². The average molecular weight is 390 g/mol. The number of sulfonamides is 1. The Balaban J connectivity index is 1.80. The normalized spacial score (nSPS) is 13.1. The number of rotatable bonds is 6. The molecule has 1 aromatic carbocycles. The van der Waals surface area contributed by atoms with Crippen LogP contribution in [0.4, 0.5) is 0 Å². The van der Waals surface area contributed by atoms with E-state index in [-0.39, 0.29) is 5.92 Å². The number of hydrogen-bond donors (Lipinski definition) is 2. The summed E-state index contributed by atoms with van der Waals surface area (Å²) in [5, 5.41) is 7.26. The zero-order valence-electron chi connectivity index (χ0n) is 15.3. The molecule has 0 saturated carbocycles. The van der Waals surface area contributed by atoms with Crippen molar-refractivity contribution in [1.82, 2.24) is 14.9 Å². The Hall–Kier alpha value is -1.96. The lowest BCUT2D eigenvalue weighted by Gasteiger charge is -2.13. The van der Waals surface area contributed by atoms with E-state index in [1.54, 1.807) is 6.07 Å². The number of nitrogens with zero attached hydrogens (tertiary/aromatic N) is 1. The van der Waals surface area contributed by atoms with Crippen molar-refractivity contribution in [3.63, 3.8) is 0 Å². The number of H-pyrrole nitrogens is 1. The first-order chi connectivity index (χ1) is 12.3. The number of benzene rings is 1. The number of aromatic amines is 1. The van der Waals surface area contributed by atoms with Gasteiger partial charge in [-0.1, -0.05) is 37.3 Å². The Labute approximate surface area is 158 Å². The van der Waals surface area contributed by atoms with Gasteiger partial charge in [0, 0.05) is 17.1 Å². The van der Waals surface area contributed by atoms with E-state index < -0.39 is 10.0 Å². The van der Waals surface area contributed by atoms with E-state index >= 15 is 0 Å². The second kappa shape index (κ2) is 7.34. The minimum absolute atomic E-state index is 0.0978. The minimum Gasteiger partial charge on any atom is -0.282 e. The van der Waals surface area contributed by atoms with Crippen molar-refractivity contribution in [2.75, 3.05) is 6.54 Å². The Morgan fingerprint density at radius 3 is 2.50 bits per heavy atom. The van der Waals surface area contributed by atoms with Gasteiger partial charge < -0.3 is 0 Å². The number of aryl methyl sites for hydroxylation is 2. The van der Waals surface area contributed by atoms with Gasteiger partial charge in [-0.2, -0.15) is 5.10 Å². The molecule has 0 saturated heterocycles. The summed E-state index contributed by atoms with van der Waals surface area (Å²) >= 11 is 1.45. The maximum Gasteiger partial charge on any atom is 0.241 e. The van der Waals surface area contributed by atoms with Crippen LogP contribution in [0.3, 0.4) is 0 Å². The molecule has 5 nitrogen and oxygen atoms in total. The summed E-state index contributed by atoms with van der Waals surface area (Å²) in [6.45, 7) is 8.14. The Morgan fingerprint density at radius 1 is 1.19 bits per heavy atom. The van der Waals surface area contributed by atoms with Crippen molar-refractivity contribution in [2.24, 2.45) is 0 Å². The number of thiophene rings is 1. The highest BCUT2D eigenvalue weighted by Crippen LogP contribution is 2.34. The molecule has 0 unspecified atom stereocenters. The largest absolute Gasteiger partial charge is 0.282 e. The lowest BCUT2D eigenvalue weighted by atomic mass is 10.0. The molecule has 7 heteroatoms. The lowest BCUT2D eigenvalue weighted by molar-refractivity contribution is 0.575. The van der Waals surface area contributed by atoms with Crippen LogP contribution in [0, 0.1) is 20.8 Å². The Morgan fingerprint density at radius 2 is 1.88 bits per heavy atom. The van der Waals surface area contributed by atoms with Crippen molar-refractivity contribution < 1.29 is 8.42 Å². The van der Waals surface area contributed by atoms with Crippen LogP contribution in [0.1, 0.15) is 34.5 Å². The van der Waals surface area contributed by atoms with Crippen LogP contribution >= 0.6 is 11.3 Å². The van der Waals surface area contributed by atoms with Crippen LogP contribution in [0.2, 0.25) is 0 Å². The highest BCUT2D eigenvalue weighted by molar-refractivity contribution is 7.89. The van der Waals surface area contributed by atoms with E-state index in [1.807, 2.05) is 58.0 Å². The van der Waals surface area contributed by atoms with Gasteiger partial charge in [0.1, 0.15) is 5.69 Å². The predicted octanol–water partition coefficient (Wildman–Crippen LogP) is 4.15. The zero-order chi connectivity index (χ0) is 18.9. The zero-order valence-corrected chi connectivity index (χ0v) is 17.0. The number of hydrogen-bond acceptors (Lipinski definition) is 4. The van der Waals surface area contributed by atoms with E-state index in [0.29, 0.717) is 11.4 Å². The van der Waals surface area contributed by atoms with Gasteiger partial charge in [0.15, 0.2) is 0 Å². The first-order valence-electron chi connectivity index (χ1n) is 8.46. The van der Waals surface area contributed by atoms with Crippen molar-refractivity contribution in [1.29, 1.82) is 0 Å². The molecule has 3 aromatic rings. The highest BCUT2D eigenvalue weighted by atomic mass is 32.2. The predicted molar refractivity (Wildman–Crippen MR) is 106 cm³/mol. The molecule has 1 atom stereocenters. The maximum atomic E-state index is 12.8. The fourth-order valence-corrected chi connectivity index (χ4v) is 5.55. The molecule has 2 heterocycles. The summed E-state index contributed by atoms with van der Waals surface area (Å²) in [5.41, 5.74) is 3.96. The summed E-state index contributed by atoms with van der Waals surface area (Å²) in [6.07, 6.45) is 0. The standard InChI is InChI=1S/C19H23N3O2S2/c1-12(16-8-6-5-7-9-16)11-20-26(23,24)18-10-17(25-15(18)4)19-13(2)14(3)21-22-19/h5-10,12,20H,11H2,1-4H3,(H,21,22)/t12-/m0/s1. The monoisotopic (exact) mass is 389 g/mol. The second-order valence-electron chi connectivity index (χ2n) is 6.52. The van der Waals surface area contributed by atoms with Crippen LogP contribution in [0.25, 0.3) is 10.6 Å². The van der Waals surface area contributed by atoms with Crippen molar-refractivity contribution in [2.45, 2.75) is 38.5 Å². The summed E-state index contributed by atoms with van der Waals surface area (Å²) < 4.78 is 28.3. The second-order valence-corrected chi connectivity index (χ2v) is 9.51. The molecule has 2 N–H and O–H groups in total. The van der Waals surface area contributed by atoms with Gasteiger partial charge in [-0.15, -0.1) is 11.3 Å². The molecule has 2 aromatic heterocycles. The van der Waals surface area contributed by atoms with Crippen molar-refractivity contribution in [3.8, 4) is 10.6 Å². The lowest BCUT2D eigenvalue weighted by Crippen LogP contribution is -2.27. The van der Waals surface area contributed by atoms with Gasteiger partial charge >= 0.3 is 0 Å². The maximum absolute atomic E-state index is 12.8. The summed E-state index contributed by atoms with van der Waals surface area (Å²) in [5.74, 6) is 0.0978. The molecule has 0 bridgehead atoms. The van der Waals surface area contributed by atoms with E-state index in [9.17, 15) is 8.42 Å². The van der Waals surface area contributed by atoms with E-state index in [4.69, 9.17) is 0 Å². The fourth-order valence-electron chi connectivity index (χ4n) is 2.79. The molecule has 26 heavy (non-hydrogen) atoms. The summed E-state index contributed by atoms with van der Waals surface area (Å²) in [6, 6.07) is 11.6. The van der Waals surface area contributed by atoms with Crippen LogP contribution in [-0.2, 0) is 10.0 Å². The molecule has 0 aliphatic carbocycles. The average Bonchev–Trinajstić information content (AvgIpc) is 3.17. The topological polar surface area (TPSA) is 74.8 Å². The Kier molecular flexibility index (Phi) is 5.32. The van der Waals surface area contributed by atoms with Crippen LogP contribution in [0.5, 0.6) is 0 Å². The third kappa shape index (κ3) is 3.75. The van der Waals surface area contributed by atoms with E-state index in [0.717, 1.165) is 32.3 Å². The van der Waals surface area contributed by atoms with E-state index in [1.165, 1.54) is 11.3 Å². The molecule has 0 aliphatic rings. The summed E-state index contributed by atoms with van der Waals surface area (Å²) in [7, 11) is -3.56. The van der Waals surface area contributed by atoms with Crippen LogP contribution in [0.15, 0.2) is 41.3 Å². The number of aromatic nitrogens is 2. The molecule has 0 fully saturated rings. The minimum atomic E-state index is -3.56. The van der Waals surface area contributed by atoms with E-state index in [2.05, 4.69) is 14.9 Å². The van der Waals surface area contributed by atoms with Crippen molar-refractivity contribution in [3.05, 3.63) is 58.1 Å². The quantitative estimate of drug-likeness (QED) is 0.665. The van der Waals surface area contributed by atoms with Gasteiger partial charge in [-0.3, -0.25) is 5.10 Å². The first-order valence-corrected chi connectivity index (χ1v) is 10.8. The van der Waals surface area contributed by atoms with Gasteiger partial charge in [0.05, 0.1) is 9.77 Å². The molecule has 0 aliphatic heterocycles. The molecule has 3 rings (SSSR count). The number of nitrogens with one attached hydrogen (secondary N) is 2. The molecule has 0 amide bonds. The first kappa shape index (κ1) is 18.8. The van der Waals surface area contributed by atoms with Gasteiger partial charge in [0.2, 0.25) is 10.0 Å². The van der Waals surface area contributed by atoms with Crippen molar-refractivity contribution >= 4 is 21.4 Å². The van der Waals surface area contributed by atoms with Gasteiger partial charge in [-0.25, -0.2) is 13.1 Å². The third-order valence-electron chi connectivity index (χ3n) is 4.60. The smallest absolute Gasteiger partial charge is 0.241 e. The Bertz CT molecular complexity index is 1000. The molecule has 0 radical (unpaired) electrons. The molecule has 0 spiro atoms. The molecule has 138 valence electrons. The molecular weight excluding hydrogens is 366 g/mol. The summed E-state index contributed by atoms with van der Waals surface area (Å²) in [4.78, 5) is 1.96. The van der Waals surface area contributed by atoms with Gasteiger partial charge in [-0.05, 0) is 43.9 Å². The fraction of sp³-hybridized carbons (Fsp3) is 0.316. The SMILES string of the molecule is Cc1[nH]nc(-c2cc(S(=O)(=O)NC[C@H](C)c3ccccc3)c(C)s2)c1C. The highest BCUT2D eigenvalue weighted by Gasteiger charge is 2.22. The third-order valence-corrected chi connectivity index (χ3v) is 7.33. The van der Waals surface area contributed by atoms with Crippen LogP contribution < -0.4 is 4.72 Å². The molecular formula is C19H23N3O2S2. The van der Waals surface area contributed by atoms with Gasteiger partial charge in [0.25, 0.3) is 0 Å².